The predicted octanol–water partition coefficient (Wildman–Crippen LogP) is 3.46. The number of nitrogens with zero attached hydrogens (tertiary/aromatic N) is 2. The van der Waals surface area contributed by atoms with Crippen LogP contribution in [0.1, 0.15) is 43.6 Å². The molecule has 0 aliphatic carbocycles. The molecule has 1 saturated heterocycles. The van der Waals surface area contributed by atoms with Crippen molar-refractivity contribution in [3.05, 3.63) is 41.9 Å². The molecule has 1 aromatic carbocycles. The molecule has 0 radical (unpaired) electrons. The van der Waals surface area contributed by atoms with Crippen LogP contribution >= 0.6 is 0 Å². The van der Waals surface area contributed by atoms with Gasteiger partial charge in [-0.05, 0) is 31.7 Å². The van der Waals surface area contributed by atoms with E-state index in [1.165, 1.54) is 5.56 Å². The molecule has 1 aliphatic heterocycles. The maximum Gasteiger partial charge on any atom is 0.220 e. The van der Waals surface area contributed by atoms with Crippen LogP contribution in [-0.2, 0) is 4.79 Å². The minimum Gasteiger partial charge on any atom is -0.340 e. The van der Waals surface area contributed by atoms with Gasteiger partial charge < -0.3 is 9.88 Å². The van der Waals surface area contributed by atoms with Gasteiger partial charge in [0, 0.05) is 13.5 Å². The Morgan fingerprint density at radius 3 is 2.76 bits per heavy atom. The van der Waals surface area contributed by atoms with Gasteiger partial charge in [-0.2, -0.15) is 0 Å². The fourth-order valence-corrected chi connectivity index (χ4v) is 2.98. The van der Waals surface area contributed by atoms with Crippen LogP contribution < -0.4 is 0 Å². The van der Waals surface area contributed by atoms with Gasteiger partial charge in [0.2, 0.25) is 5.91 Å². The highest BCUT2D eigenvalue weighted by Gasteiger charge is 2.27. The fraction of sp³-hybridized carbons (Fsp3) is 0.412. The highest BCUT2D eigenvalue weighted by Crippen LogP contribution is 2.30. The van der Waals surface area contributed by atoms with Crippen molar-refractivity contribution in [1.29, 1.82) is 0 Å². The zero-order valence-electron chi connectivity index (χ0n) is 12.6. The Labute approximate surface area is 125 Å². The van der Waals surface area contributed by atoms with Crippen molar-refractivity contribution in [2.24, 2.45) is 0 Å². The van der Waals surface area contributed by atoms with E-state index in [1.807, 2.05) is 11.1 Å². The van der Waals surface area contributed by atoms with Crippen LogP contribution in [0.2, 0.25) is 0 Å². The van der Waals surface area contributed by atoms with E-state index in [1.54, 1.807) is 6.92 Å². The Bertz CT molecular complexity index is 630. The Morgan fingerprint density at radius 1 is 1.29 bits per heavy atom. The number of aromatic nitrogens is 2. The van der Waals surface area contributed by atoms with Crippen LogP contribution in [0.5, 0.6) is 0 Å². The van der Waals surface area contributed by atoms with Crippen LogP contribution in [0.4, 0.5) is 0 Å². The van der Waals surface area contributed by atoms with Gasteiger partial charge in [0.05, 0.1) is 17.9 Å². The molecule has 1 fully saturated rings. The summed E-state index contributed by atoms with van der Waals surface area (Å²) in [5, 5.41) is 0. The molecule has 3 rings (SSSR count). The van der Waals surface area contributed by atoms with Gasteiger partial charge in [-0.15, -0.1) is 0 Å². The number of hydrogen-bond donors (Lipinski definition) is 1. The van der Waals surface area contributed by atoms with E-state index in [9.17, 15) is 4.79 Å². The second-order valence-electron chi connectivity index (χ2n) is 5.77. The smallest absolute Gasteiger partial charge is 0.220 e. The third kappa shape index (κ3) is 2.84. The first-order chi connectivity index (χ1) is 10.1. The van der Waals surface area contributed by atoms with Gasteiger partial charge in [0.1, 0.15) is 5.82 Å². The summed E-state index contributed by atoms with van der Waals surface area (Å²) < 4.78 is 0. The molecule has 2 aromatic rings. The van der Waals surface area contributed by atoms with Crippen molar-refractivity contribution < 1.29 is 4.79 Å². The summed E-state index contributed by atoms with van der Waals surface area (Å²) in [6, 6.07) is 8.47. The molecule has 0 saturated carbocycles. The molecule has 1 aliphatic rings. The monoisotopic (exact) mass is 283 g/mol. The van der Waals surface area contributed by atoms with Gasteiger partial charge in [0.15, 0.2) is 0 Å². The quantitative estimate of drug-likeness (QED) is 0.917. The van der Waals surface area contributed by atoms with Gasteiger partial charge in [-0.25, -0.2) is 4.98 Å². The average Bonchev–Trinajstić information content (AvgIpc) is 2.97. The number of rotatable bonds is 2. The summed E-state index contributed by atoms with van der Waals surface area (Å²) in [6.45, 7) is 4.55. The zero-order valence-corrected chi connectivity index (χ0v) is 12.6. The lowest BCUT2D eigenvalue weighted by atomic mass is 10.0. The van der Waals surface area contributed by atoms with Crippen molar-refractivity contribution in [3.8, 4) is 11.3 Å². The van der Waals surface area contributed by atoms with Crippen LogP contribution in [0, 0.1) is 6.92 Å². The molecule has 4 heteroatoms. The van der Waals surface area contributed by atoms with Crippen LogP contribution in [-0.4, -0.2) is 27.3 Å². The molecule has 1 atom stereocenters. The van der Waals surface area contributed by atoms with Crippen molar-refractivity contribution in [3.63, 3.8) is 0 Å². The summed E-state index contributed by atoms with van der Waals surface area (Å²) in [5.41, 5.74) is 3.39. The van der Waals surface area contributed by atoms with Crippen LogP contribution in [0.3, 0.4) is 0 Å². The molecule has 110 valence electrons. The number of benzene rings is 1. The van der Waals surface area contributed by atoms with E-state index in [0.717, 1.165) is 42.9 Å². The molecular weight excluding hydrogens is 262 g/mol. The topological polar surface area (TPSA) is 49.0 Å². The van der Waals surface area contributed by atoms with Crippen molar-refractivity contribution in [2.75, 3.05) is 6.54 Å². The van der Waals surface area contributed by atoms with Gasteiger partial charge in [-0.1, -0.05) is 29.8 Å². The lowest BCUT2D eigenvalue weighted by molar-refractivity contribution is -0.132. The first-order valence-electron chi connectivity index (χ1n) is 7.54. The maximum absolute atomic E-state index is 11.8. The minimum absolute atomic E-state index is 0.0930. The second-order valence-corrected chi connectivity index (χ2v) is 5.77. The largest absolute Gasteiger partial charge is 0.340 e. The SMILES string of the molecule is CC(=O)N1CCCCC1c1ncc(-c2ccc(C)cc2)[nH]1. The summed E-state index contributed by atoms with van der Waals surface area (Å²) in [5.74, 6) is 1.04. The summed E-state index contributed by atoms with van der Waals surface area (Å²) >= 11 is 0. The number of H-pyrrole nitrogens is 1. The summed E-state index contributed by atoms with van der Waals surface area (Å²) in [7, 11) is 0. The fourth-order valence-electron chi connectivity index (χ4n) is 2.98. The Hall–Kier alpha value is -2.10. The average molecular weight is 283 g/mol. The van der Waals surface area contributed by atoms with Crippen molar-refractivity contribution in [1.82, 2.24) is 14.9 Å². The van der Waals surface area contributed by atoms with E-state index in [-0.39, 0.29) is 11.9 Å². The van der Waals surface area contributed by atoms with Crippen molar-refractivity contribution in [2.45, 2.75) is 39.2 Å². The number of nitrogens with one attached hydrogen (secondary N) is 1. The summed E-state index contributed by atoms with van der Waals surface area (Å²) in [6.07, 6.45) is 5.09. The minimum atomic E-state index is 0.0930. The molecule has 1 amide bonds. The number of amides is 1. The van der Waals surface area contributed by atoms with Gasteiger partial charge in [-0.3, -0.25) is 4.79 Å². The molecule has 0 bridgehead atoms. The lowest BCUT2D eigenvalue weighted by Crippen LogP contribution is -2.37. The number of carbonyl (C=O) groups excluding carboxylic acids is 1. The van der Waals surface area contributed by atoms with E-state index >= 15 is 0 Å². The predicted molar refractivity (Wildman–Crippen MR) is 82.7 cm³/mol. The van der Waals surface area contributed by atoms with E-state index in [2.05, 4.69) is 41.2 Å². The molecule has 1 aromatic heterocycles. The number of hydrogen-bond acceptors (Lipinski definition) is 2. The molecule has 4 nitrogen and oxygen atoms in total. The van der Waals surface area contributed by atoms with E-state index in [0.29, 0.717) is 0 Å². The maximum atomic E-state index is 11.8. The van der Waals surface area contributed by atoms with Crippen LogP contribution in [0.25, 0.3) is 11.3 Å². The molecular formula is C17H21N3O. The normalized spacial score (nSPS) is 18.8. The zero-order chi connectivity index (χ0) is 14.8. The number of piperidine rings is 1. The van der Waals surface area contributed by atoms with E-state index < -0.39 is 0 Å². The number of aryl methyl sites for hydroxylation is 1. The Kier molecular flexibility index (Phi) is 3.78. The molecule has 0 spiro atoms. The van der Waals surface area contributed by atoms with E-state index in [4.69, 9.17) is 0 Å². The van der Waals surface area contributed by atoms with Gasteiger partial charge >= 0.3 is 0 Å². The second kappa shape index (κ2) is 5.72. The summed E-state index contributed by atoms with van der Waals surface area (Å²) in [4.78, 5) is 21.6. The third-order valence-corrected chi connectivity index (χ3v) is 4.18. The van der Waals surface area contributed by atoms with Crippen LogP contribution in [0.15, 0.2) is 30.5 Å². The van der Waals surface area contributed by atoms with Crippen molar-refractivity contribution >= 4 is 5.91 Å². The number of carbonyl (C=O) groups is 1. The highest BCUT2D eigenvalue weighted by molar-refractivity contribution is 5.73. The number of aromatic amines is 1. The first-order valence-corrected chi connectivity index (χ1v) is 7.54. The lowest BCUT2D eigenvalue weighted by Gasteiger charge is -2.33. The number of likely N-dealkylation sites (tertiary alicyclic amines) is 1. The van der Waals surface area contributed by atoms with Gasteiger partial charge in [0.25, 0.3) is 0 Å². The Balaban J connectivity index is 1.86. The standard InChI is InChI=1S/C17H21N3O/c1-12-6-8-14(9-7-12)15-11-18-17(19-15)16-5-3-4-10-20(16)13(2)21/h6-9,11,16H,3-5,10H2,1-2H3,(H,18,19). The third-order valence-electron chi connectivity index (χ3n) is 4.18. The first kappa shape index (κ1) is 13.9. The molecule has 21 heavy (non-hydrogen) atoms. The Morgan fingerprint density at radius 2 is 2.05 bits per heavy atom. The molecule has 1 unspecified atom stereocenters. The highest BCUT2D eigenvalue weighted by atomic mass is 16.2. The number of imidazole rings is 1. The molecule has 1 N–H and O–H groups in total. The molecule has 2 heterocycles.